The molecule has 1 aliphatic heterocycles. The summed E-state index contributed by atoms with van der Waals surface area (Å²) in [4.78, 5) is 41.4. The number of fused-ring (bicyclic) bond motifs is 1. The molecule has 0 saturated heterocycles. The Balaban J connectivity index is 0.00000456. The lowest BCUT2D eigenvalue weighted by Crippen LogP contribution is -2.59. The van der Waals surface area contributed by atoms with Crippen molar-refractivity contribution in [1.29, 1.82) is 0 Å². The van der Waals surface area contributed by atoms with Crippen LogP contribution in [-0.4, -0.2) is 48.3 Å². The summed E-state index contributed by atoms with van der Waals surface area (Å²) >= 11 is 0. The zero-order valence-corrected chi connectivity index (χ0v) is 21.8. The Labute approximate surface area is 216 Å². The van der Waals surface area contributed by atoms with Crippen molar-refractivity contribution in [3.05, 3.63) is 65.2 Å². The zero-order valence-electron chi connectivity index (χ0n) is 21.0. The normalized spacial score (nSPS) is 16.8. The molecule has 1 unspecified atom stereocenters. The highest BCUT2D eigenvalue weighted by Gasteiger charge is 2.43. The quantitative estimate of drug-likeness (QED) is 0.541. The first kappa shape index (κ1) is 29.2. The topological polar surface area (TPSA) is 90.5 Å². The van der Waals surface area contributed by atoms with Crippen LogP contribution in [0.5, 0.6) is 0 Å². The third-order valence-electron chi connectivity index (χ3n) is 6.25. The Morgan fingerprint density at radius 2 is 1.64 bits per heavy atom. The Morgan fingerprint density at radius 1 is 1.03 bits per heavy atom. The number of nitrogens with zero attached hydrogens (tertiary/aromatic N) is 1. The summed E-state index contributed by atoms with van der Waals surface area (Å²) in [5.74, 6) is -3.37. The molecule has 2 aromatic carbocycles. The molecule has 2 aromatic rings. The van der Waals surface area contributed by atoms with Crippen LogP contribution < -0.4 is 16.0 Å². The number of rotatable bonds is 6. The highest BCUT2D eigenvalue weighted by Crippen LogP contribution is 2.34. The number of halogens is 3. The molecule has 0 fully saturated rings. The first-order chi connectivity index (χ1) is 16.5. The number of hydrogen-bond donors (Lipinski definition) is 3. The van der Waals surface area contributed by atoms with Gasteiger partial charge in [-0.25, -0.2) is 8.78 Å². The summed E-state index contributed by atoms with van der Waals surface area (Å²) in [6.45, 7) is 7.35. The van der Waals surface area contributed by atoms with Gasteiger partial charge in [0.25, 0.3) is 5.91 Å². The number of hydrogen-bond acceptors (Lipinski definition) is 4. The summed E-state index contributed by atoms with van der Waals surface area (Å²) in [6.07, 6.45) is 0.498. The van der Waals surface area contributed by atoms with Crippen molar-refractivity contribution in [3.63, 3.8) is 0 Å². The summed E-state index contributed by atoms with van der Waals surface area (Å²) in [5, 5.41) is 8.00. The van der Waals surface area contributed by atoms with E-state index in [9.17, 15) is 23.2 Å². The number of benzene rings is 2. The van der Waals surface area contributed by atoms with Crippen LogP contribution in [0.25, 0.3) is 0 Å². The number of para-hydroxylation sites is 1. The van der Waals surface area contributed by atoms with Gasteiger partial charge in [0.2, 0.25) is 11.8 Å². The average molecular weight is 523 g/mol. The third-order valence-corrected chi connectivity index (χ3v) is 6.25. The lowest BCUT2D eigenvalue weighted by molar-refractivity contribution is -0.145. The van der Waals surface area contributed by atoms with Gasteiger partial charge in [0.05, 0.1) is 6.04 Å². The maximum Gasteiger partial charge on any atom is 0.251 e. The number of carbonyl (C=O) groups excluding carboxylic acids is 3. The monoisotopic (exact) mass is 522 g/mol. The van der Waals surface area contributed by atoms with Crippen LogP contribution in [0.3, 0.4) is 0 Å². The standard InChI is InChI=1S/C26H32F2N4O3.ClH/c1-15(29-5)23(33)31-22(26(2,3)4)25(35)32-14-13-16-9-6-7-10-17(16)21(32)24(34)30-20-18(27)11-8-12-19(20)28;/h6-12,15,21-22,29H,13-14H2,1-5H3,(H,30,34)(H,31,33);1H/t15-,21?,22+;/m0./s1. The van der Waals surface area contributed by atoms with Gasteiger partial charge >= 0.3 is 0 Å². The number of anilines is 1. The zero-order chi connectivity index (χ0) is 25.9. The van der Waals surface area contributed by atoms with Crippen LogP contribution in [0, 0.1) is 17.0 Å². The fourth-order valence-electron chi connectivity index (χ4n) is 4.11. The van der Waals surface area contributed by atoms with Gasteiger partial charge in [-0.05, 0) is 49.1 Å². The Bertz CT molecular complexity index is 1100. The van der Waals surface area contributed by atoms with Gasteiger partial charge in [0.1, 0.15) is 29.4 Å². The van der Waals surface area contributed by atoms with Crippen molar-refractivity contribution >= 4 is 35.8 Å². The van der Waals surface area contributed by atoms with E-state index < -0.39 is 52.7 Å². The molecule has 0 bridgehead atoms. The van der Waals surface area contributed by atoms with E-state index in [1.165, 1.54) is 11.0 Å². The molecule has 0 radical (unpaired) electrons. The fraction of sp³-hybridized carbons (Fsp3) is 0.423. The number of likely N-dealkylation sites (N-methyl/N-ethyl adjacent to an activating group) is 1. The fourth-order valence-corrected chi connectivity index (χ4v) is 4.11. The van der Waals surface area contributed by atoms with Crippen LogP contribution in [0.1, 0.15) is 44.9 Å². The number of nitrogens with one attached hydrogen (secondary N) is 3. The number of amides is 3. The maximum atomic E-state index is 14.3. The molecule has 36 heavy (non-hydrogen) atoms. The van der Waals surface area contributed by atoms with Gasteiger partial charge in [-0.3, -0.25) is 14.4 Å². The minimum atomic E-state index is -1.13. The average Bonchev–Trinajstić information content (AvgIpc) is 2.82. The van der Waals surface area contributed by atoms with E-state index in [-0.39, 0.29) is 24.9 Å². The molecule has 0 saturated carbocycles. The van der Waals surface area contributed by atoms with E-state index in [0.717, 1.165) is 17.7 Å². The van der Waals surface area contributed by atoms with E-state index in [4.69, 9.17) is 0 Å². The summed E-state index contributed by atoms with van der Waals surface area (Å²) < 4.78 is 28.6. The minimum absolute atomic E-state index is 0. The van der Waals surface area contributed by atoms with E-state index in [1.807, 2.05) is 32.9 Å². The van der Waals surface area contributed by atoms with Gasteiger partial charge in [-0.1, -0.05) is 51.1 Å². The first-order valence-electron chi connectivity index (χ1n) is 11.6. The second kappa shape index (κ2) is 11.8. The predicted octanol–water partition coefficient (Wildman–Crippen LogP) is 3.59. The smallest absolute Gasteiger partial charge is 0.251 e. The lowest BCUT2D eigenvalue weighted by atomic mass is 9.83. The molecule has 1 heterocycles. The predicted molar refractivity (Wildman–Crippen MR) is 137 cm³/mol. The largest absolute Gasteiger partial charge is 0.342 e. The molecule has 196 valence electrons. The summed E-state index contributed by atoms with van der Waals surface area (Å²) in [5.41, 5.74) is 0.196. The van der Waals surface area contributed by atoms with E-state index in [2.05, 4.69) is 16.0 Å². The molecular formula is C26H33ClF2N4O3. The van der Waals surface area contributed by atoms with Crippen LogP contribution in [0.4, 0.5) is 14.5 Å². The van der Waals surface area contributed by atoms with Crippen molar-refractivity contribution in [2.24, 2.45) is 5.41 Å². The van der Waals surface area contributed by atoms with Gasteiger partial charge in [0.15, 0.2) is 0 Å². The second-order valence-corrected chi connectivity index (χ2v) is 9.79. The Hall–Kier alpha value is -3.04. The van der Waals surface area contributed by atoms with Crippen molar-refractivity contribution in [1.82, 2.24) is 15.5 Å². The van der Waals surface area contributed by atoms with E-state index >= 15 is 0 Å². The van der Waals surface area contributed by atoms with Gasteiger partial charge < -0.3 is 20.9 Å². The van der Waals surface area contributed by atoms with Crippen LogP contribution in [0.15, 0.2) is 42.5 Å². The molecule has 0 aromatic heterocycles. The molecule has 3 N–H and O–H groups in total. The molecule has 3 rings (SSSR count). The minimum Gasteiger partial charge on any atom is -0.342 e. The summed E-state index contributed by atoms with van der Waals surface area (Å²) in [7, 11) is 1.64. The van der Waals surface area contributed by atoms with Gasteiger partial charge in [-0.15, -0.1) is 12.4 Å². The van der Waals surface area contributed by atoms with Crippen LogP contribution >= 0.6 is 12.4 Å². The second-order valence-electron chi connectivity index (χ2n) is 9.79. The molecule has 0 spiro atoms. The Kier molecular flexibility index (Phi) is 9.57. The molecule has 10 heteroatoms. The highest BCUT2D eigenvalue weighted by molar-refractivity contribution is 6.00. The molecule has 7 nitrogen and oxygen atoms in total. The first-order valence-corrected chi connectivity index (χ1v) is 11.6. The molecule has 3 atom stereocenters. The van der Waals surface area contributed by atoms with Crippen LogP contribution in [0.2, 0.25) is 0 Å². The van der Waals surface area contributed by atoms with Crippen molar-refractivity contribution in [3.8, 4) is 0 Å². The molecule has 0 aliphatic carbocycles. The molecule has 1 aliphatic rings. The highest BCUT2D eigenvalue weighted by atomic mass is 35.5. The van der Waals surface area contributed by atoms with Crippen molar-refractivity contribution in [2.45, 2.75) is 52.2 Å². The SMILES string of the molecule is CN[C@@H](C)C(=O)N[C@H](C(=O)N1CCc2ccccc2C1C(=O)Nc1c(F)cccc1F)C(C)(C)C.Cl. The van der Waals surface area contributed by atoms with Crippen molar-refractivity contribution in [2.75, 3.05) is 18.9 Å². The summed E-state index contributed by atoms with van der Waals surface area (Å²) in [6, 6.07) is 7.87. The molecular weight excluding hydrogens is 490 g/mol. The van der Waals surface area contributed by atoms with E-state index in [0.29, 0.717) is 12.0 Å². The van der Waals surface area contributed by atoms with Gasteiger partial charge in [0, 0.05) is 6.54 Å². The number of carbonyl (C=O) groups is 3. The van der Waals surface area contributed by atoms with Crippen molar-refractivity contribution < 1.29 is 23.2 Å². The lowest BCUT2D eigenvalue weighted by Gasteiger charge is -2.41. The van der Waals surface area contributed by atoms with Gasteiger partial charge in [-0.2, -0.15) is 0 Å². The molecule has 3 amide bonds. The van der Waals surface area contributed by atoms with Crippen LogP contribution in [-0.2, 0) is 20.8 Å². The van der Waals surface area contributed by atoms with E-state index in [1.54, 1.807) is 26.1 Å². The third kappa shape index (κ3) is 6.20. The Morgan fingerprint density at radius 3 is 2.22 bits per heavy atom. The maximum absolute atomic E-state index is 14.3.